The molecular formula is C2H5Cl3N3OPS. The number of carbonyl (C=O) groups is 1. The molecule has 0 aromatic rings. The molecule has 0 radical (unpaired) electrons. The van der Waals surface area contributed by atoms with Crippen molar-refractivity contribution in [2.24, 2.45) is 11.0 Å². The molecule has 66 valence electrons. The monoisotopic (exact) mass is 255 g/mol. The second-order valence-electron chi connectivity index (χ2n) is 1.65. The SMILES string of the molecule is NP(N)(=S)NC(=O)C(Cl)(Cl)Cl. The zero-order valence-corrected chi connectivity index (χ0v) is 9.03. The molecular weight excluding hydrogens is 251 g/mol. The van der Waals surface area contributed by atoms with Crippen molar-refractivity contribution in [3.63, 3.8) is 0 Å². The van der Waals surface area contributed by atoms with Crippen molar-refractivity contribution in [1.82, 2.24) is 5.09 Å². The van der Waals surface area contributed by atoms with E-state index < -0.39 is 16.2 Å². The van der Waals surface area contributed by atoms with Gasteiger partial charge in [-0.25, -0.2) is 0 Å². The molecule has 0 bridgehead atoms. The molecule has 0 atom stereocenters. The van der Waals surface area contributed by atoms with Crippen LogP contribution in [0.15, 0.2) is 0 Å². The molecule has 4 nitrogen and oxygen atoms in total. The van der Waals surface area contributed by atoms with Crippen LogP contribution in [0.4, 0.5) is 0 Å². The molecule has 9 heteroatoms. The third kappa shape index (κ3) is 6.11. The summed E-state index contributed by atoms with van der Waals surface area (Å²) >= 11 is 20.0. The smallest absolute Gasteiger partial charge is 0.277 e. The average Bonchev–Trinajstić information content (AvgIpc) is 1.56. The van der Waals surface area contributed by atoms with Crippen molar-refractivity contribution in [1.29, 1.82) is 0 Å². The number of alkyl halides is 3. The summed E-state index contributed by atoms with van der Waals surface area (Å²) < 4.78 is -2.07. The summed E-state index contributed by atoms with van der Waals surface area (Å²) in [6.07, 6.45) is 0. The van der Waals surface area contributed by atoms with Crippen LogP contribution in [0.5, 0.6) is 0 Å². The molecule has 0 fully saturated rings. The Morgan fingerprint density at radius 3 is 1.91 bits per heavy atom. The van der Waals surface area contributed by atoms with Gasteiger partial charge in [-0.1, -0.05) is 34.8 Å². The average molecular weight is 256 g/mol. The van der Waals surface area contributed by atoms with Crippen LogP contribution in [0.3, 0.4) is 0 Å². The Morgan fingerprint density at radius 1 is 1.45 bits per heavy atom. The van der Waals surface area contributed by atoms with E-state index >= 15 is 0 Å². The Labute approximate surface area is 83.7 Å². The molecule has 0 spiro atoms. The van der Waals surface area contributed by atoms with E-state index in [0.717, 1.165) is 0 Å². The Kier molecular flexibility index (Phi) is 4.06. The minimum atomic E-state index is -2.84. The van der Waals surface area contributed by atoms with Gasteiger partial charge in [0.25, 0.3) is 9.70 Å². The molecule has 0 aliphatic rings. The van der Waals surface area contributed by atoms with Crippen molar-refractivity contribution in [2.75, 3.05) is 0 Å². The summed E-state index contributed by atoms with van der Waals surface area (Å²) in [5, 5.41) is 2.01. The van der Waals surface area contributed by atoms with Crippen molar-refractivity contribution in [3.05, 3.63) is 0 Å². The molecule has 0 saturated carbocycles. The molecule has 0 aliphatic heterocycles. The Hall–Kier alpha value is 0.910. The summed E-state index contributed by atoms with van der Waals surface area (Å²) in [4.78, 5) is 10.8. The van der Waals surface area contributed by atoms with Crippen LogP contribution in [-0.4, -0.2) is 9.70 Å². The van der Waals surface area contributed by atoms with E-state index in [1.54, 1.807) is 0 Å². The highest BCUT2D eigenvalue weighted by Crippen LogP contribution is 2.29. The first-order valence-corrected chi connectivity index (χ1v) is 6.27. The second-order valence-corrected chi connectivity index (χ2v) is 7.38. The first kappa shape index (κ1) is 11.9. The highest BCUT2D eigenvalue weighted by Gasteiger charge is 2.32. The highest BCUT2D eigenvalue weighted by molar-refractivity contribution is 8.11. The van der Waals surface area contributed by atoms with Gasteiger partial charge in [0.1, 0.15) is 0 Å². The topological polar surface area (TPSA) is 81.1 Å². The van der Waals surface area contributed by atoms with Gasteiger partial charge in [-0.15, -0.1) is 0 Å². The fourth-order valence-corrected chi connectivity index (χ4v) is 1.30. The van der Waals surface area contributed by atoms with Crippen LogP contribution in [0.2, 0.25) is 0 Å². The van der Waals surface area contributed by atoms with Gasteiger partial charge in [-0.2, -0.15) is 0 Å². The van der Waals surface area contributed by atoms with Gasteiger partial charge in [0.05, 0.1) is 0 Å². The van der Waals surface area contributed by atoms with Crippen LogP contribution in [0.1, 0.15) is 0 Å². The fraction of sp³-hybridized carbons (Fsp3) is 0.500. The molecule has 1 amide bonds. The molecule has 11 heavy (non-hydrogen) atoms. The Morgan fingerprint density at radius 2 is 1.82 bits per heavy atom. The Balaban J connectivity index is 4.23. The quantitative estimate of drug-likeness (QED) is 0.474. The number of halogens is 3. The van der Waals surface area contributed by atoms with E-state index in [4.69, 9.17) is 45.8 Å². The predicted molar refractivity (Wildman–Crippen MR) is 51.1 cm³/mol. The lowest BCUT2D eigenvalue weighted by Gasteiger charge is -2.15. The van der Waals surface area contributed by atoms with Crippen LogP contribution >= 0.6 is 41.3 Å². The van der Waals surface area contributed by atoms with Gasteiger partial charge < -0.3 is 5.09 Å². The lowest BCUT2D eigenvalue weighted by Crippen LogP contribution is -2.36. The lowest BCUT2D eigenvalue weighted by atomic mass is 10.7. The summed E-state index contributed by atoms with van der Waals surface area (Å²) in [7, 11) is 0. The minimum Gasteiger partial charge on any atom is -0.302 e. The molecule has 0 aliphatic carbocycles. The standard InChI is InChI=1S/C2H5Cl3N3OPS/c3-2(4,5)1(9)8-10(6,7)11/h(H5,6,7,8,9,11). The first-order chi connectivity index (χ1) is 4.63. The van der Waals surface area contributed by atoms with Crippen LogP contribution in [-0.2, 0) is 16.6 Å². The molecule has 0 aromatic carbocycles. The second kappa shape index (κ2) is 3.75. The van der Waals surface area contributed by atoms with Gasteiger partial charge in [0.15, 0.2) is 6.49 Å². The first-order valence-electron chi connectivity index (χ1n) is 2.19. The number of nitrogens with two attached hydrogens (primary N) is 2. The van der Waals surface area contributed by atoms with Gasteiger partial charge in [0, 0.05) is 0 Å². The van der Waals surface area contributed by atoms with Gasteiger partial charge in [-0.05, 0) is 11.8 Å². The summed E-state index contributed by atoms with van der Waals surface area (Å²) in [5.74, 6) is -0.907. The van der Waals surface area contributed by atoms with Gasteiger partial charge in [0.2, 0.25) is 0 Å². The molecule has 0 aromatic heterocycles. The van der Waals surface area contributed by atoms with Crippen molar-refractivity contribution in [3.8, 4) is 0 Å². The minimum absolute atomic E-state index is 0.907. The lowest BCUT2D eigenvalue weighted by molar-refractivity contribution is -0.118. The van der Waals surface area contributed by atoms with Crippen LogP contribution in [0, 0.1) is 0 Å². The maximum absolute atomic E-state index is 10.8. The maximum atomic E-state index is 10.8. The number of rotatable bonds is 1. The van der Waals surface area contributed by atoms with Crippen molar-refractivity contribution >= 4 is 59.0 Å². The summed E-state index contributed by atoms with van der Waals surface area (Å²) in [6, 6.07) is 0. The zero-order chi connectivity index (χ0) is 9.28. The number of amides is 1. The van der Waals surface area contributed by atoms with Crippen LogP contribution < -0.4 is 16.1 Å². The van der Waals surface area contributed by atoms with E-state index in [0.29, 0.717) is 0 Å². The Bertz CT molecular complexity index is 209. The summed E-state index contributed by atoms with van der Waals surface area (Å²) in [5.41, 5.74) is 10.3. The summed E-state index contributed by atoms with van der Waals surface area (Å²) in [6.45, 7) is -2.84. The zero-order valence-electron chi connectivity index (χ0n) is 5.05. The van der Waals surface area contributed by atoms with Crippen molar-refractivity contribution < 1.29 is 4.79 Å². The van der Waals surface area contributed by atoms with Gasteiger partial charge in [-0.3, -0.25) is 15.8 Å². The molecule has 5 N–H and O–H groups in total. The van der Waals surface area contributed by atoms with E-state index in [9.17, 15) is 4.79 Å². The number of hydrogen-bond acceptors (Lipinski definition) is 2. The normalized spacial score (nSPS) is 12.8. The molecule has 0 rings (SSSR count). The number of hydrogen-bond donors (Lipinski definition) is 3. The van der Waals surface area contributed by atoms with E-state index in [-0.39, 0.29) is 0 Å². The van der Waals surface area contributed by atoms with E-state index in [1.165, 1.54) is 0 Å². The third-order valence-electron chi connectivity index (χ3n) is 0.534. The molecule has 0 unspecified atom stereocenters. The fourth-order valence-electron chi connectivity index (χ4n) is 0.222. The molecule has 0 heterocycles. The van der Waals surface area contributed by atoms with E-state index in [1.807, 2.05) is 5.09 Å². The maximum Gasteiger partial charge on any atom is 0.277 e. The van der Waals surface area contributed by atoms with Gasteiger partial charge >= 0.3 is 0 Å². The highest BCUT2D eigenvalue weighted by atomic mass is 35.6. The van der Waals surface area contributed by atoms with Crippen molar-refractivity contribution in [2.45, 2.75) is 3.79 Å². The number of carbonyl (C=O) groups excluding carboxylic acids is 1. The predicted octanol–water partition coefficient (Wildman–Crippen LogP) is 0.615. The largest absolute Gasteiger partial charge is 0.302 e. The number of nitrogens with one attached hydrogen (secondary N) is 1. The molecule has 0 saturated heterocycles. The van der Waals surface area contributed by atoms with E-state index in [2.05, 4.69) is 11.8 Å². The third-order valence-corrected chi connectivity index (χ3v) is 1.88. The van der Waals surface area contributed by atoms with Crippen LogP contribution in [0.25, 0.3) is 0 Å².